The van der Waals surface area contributed by atoms with Gasteiger partial charge in [0.25, 0.3) is 5.92 Å². The molecule has 1 saturated carbocycles. The fourth-order valence-electron chi connectivity index (χ4n) is 2.02. The molecule has 0 aromatic heterocycles. The molecule has 1 aliphatic rings. The van der Waals surface area contributed by atoms with Crippen LogP contribution in [0.4, 0.5) is 8.78 Å². The van der Waals surface area contributed by atoms with Crippen LogP contribution in [0.25, 0.3) is 0 Å². The van der Waals surface area contributed by atoms with Gasteiger partial charge in [-0.1, -0.05) is 36.9 Å². The molecule has 18 heavy (non-hydrogen) atoms. The van der Waals surface area contributed by atoms with Gasteiger partial charge in [0.15, 0.2) is 0 Å². The van der Waals surface area contributed by atoms with E-state index in [1.165, 1.54) is 0 Å². The second-order valence-corrected chi connectivity index (χ2v) is 5.94. The van der Waals surface area contributed by atoms with Gasteiger partial charge < -0.3 is 0 Å². The van der Waals surface area contributed by atoms with Crippen molar-refractivity contribution in [3.63, 3.8) is 0 Å². The highest BCUT2D eigenvalue weighted by molar-refractivity contribution is 7.92. The second kappa shape index (κ2) is 4.44. The minimum absolute atomic E-state index is 0.277. The molecule has 0 bridgehead atoms. The summed E-state index contributed by atoms with van der Waals surface area (Å²) in [7, 11) is -3.65. The Bertz CT molecular complexity index is 542. The third-order valence-corrected chi connectivity index (χ3v) is 4.09. The average Bonchev–Trinajstić information content (AvgIpc) is 2.90. The zero-order chi connectivity index (χ0) is 13.4. The fourth-order valence-corrected chi connectivity index (χ4v) is 2.55. The average molecular weight is 273 g/mol. The maximum Gasteiger partial charge on any atom is 0.260 e. The molecule has 1 fully saturated rings. The molecule has 2 atom stereocenters. The Morgan fingerprint density at radius 1 is 1.33 bits per heavy atom. The Morgan fingerprint density at radius 3 is 2.50 bits per heavy atom. The Labute approximate surface area is 105 Å². The smallest absolute Gasteiger partial charge is 0.211 e. The Morgan fingerprint density at radius 2 is 1.94 bits per heavy atom. The standard InChI is InChI=1S/C12H13F2NO2S/c1-2-18(16,17)15-8-10-11(12(10,13)14)9-6-4-3-5-7-9/h2-7,10-11,15H,1,8H2/t10-,11-/m0/s1. The van der Waals surface area contributed by atoms with E-state index in [2.05, 4.69) is 11.3 Å². The third kappa shape index (κ3) is 2.44. The Balaban J connectivity index is 2.06. The SMILES string of the molecule is C=CS(=O)(=O)NC[C@H]1[C@H](c2ccccc2)C1(F)F. The number of rotatable bonds is 5. The molecule has 0 saturated heterocycles. The van der Waals surface area contributed by atoms with Crippen molar-refractivity contribution in [2.75, 3.05) is 6.54 Å². The van der Waals surface area contributed by atoms with E-state index < -0.39 is 27.8 Å². The summed E-state index contributed by atoms with van der Waals surface area (Å²) in [4.78, 5) is 0. The quantitative estimate of drug-likeness (QED) is 0.893. The van der Waals surface area contributed by atoms with Gasteiger partial charge in [-0.15, -0.1) is 0 Å². The first-order chi connectivity index (χ1) is 8.38. The molecule has 0 unspecified atom stereocenters. The first kappa shape index (κ1) is 13.2. The molecule has 1 aliphatic carbocycles. The van der Waals surface area contributed by atoms with Gasteiger partial charge in [-0.05, 0) is 5.56 Å². The first-order valence-corrected chi connectivity index (χ1v) is 6.98. The van der Waals surface area contributed by atoms with Crippen LogP contribution < -0.4 is 4.72 Å². The number of sulfonamides is 1. The first-order valence-electron chi connectivity index (χ1n) is 5.43. The van der Waals surface area contributed by atoms with Gasteiger partial charge in [0, 0.05) is 17.9 Å². The lowest BCUT2D eigenvalue weighted by atomic mass is 10.1. The van der Waals surface area contributed by atoms with Crippen molar-refractivity contribution in [3.8, 4) is 0 Å². The van der Waals surface area contributed by atoms with Crippen LogP contribution in [-0.2, 0) is 10.0 Å². The molecule has 1 N–H and O–H groups in total. The van der Waals surface area contributed by atoms with E-state index in [-0.39, 0.29) is 6.54 Å². The fraction of sp³-hybridized carbons (Fsp3) is 0.333. The number of benzene rings is 1. The molecule has 0 amide bonds. The summed E-state index contributed by atoms with van der Waals surface area (Å²) in [6.07, 6.45) is 0. The van der Waals surface area contributed by atoms with Crippen molar-refractivity contribution in [1.82, 2.24) is 4.72 Å². The summed E-state index contributed by atoms with van der Waals surface area (Å²) in [6, 6.07) is 8.38. The van der Waals surface area contributed by atoms with Gasteiger partial charge in [0.2, 0.25) is 10.0 Å². The van der Waals surface area contributed by atoms with Crippen molar-refractivity contribution in [2.24, 2.45) is 5.92 Å². The van der Waals surface area contributed by atoms with Crippen LogP contribution in [0.2, 0.25) is 0 Å². The molecule has 6 heteroatoms. The minimum Gasteiger partial charge on any atom is -0.211 e. The molecule has 0 radical (unpaired) electrons. The van der Waals surface area contributed by atoms with Gasteiger partial charge >= 0.3 is 0 Å². The van der Waals surface area contributed by atoms with E-state index in [9.17, 15) is 17.2 Å². The van der Waals surface area contributed by atoms with Crippen LogP contribution >= 0.6 is 0 Å². The Kier molecular flexibility index (Phi) is 3.25. The van der Waals surface area contributed by atoms with Crippen LogP contribution in [0.1, 0.15) is 11.5 Å². The van der Waals surface area contributed by atoms with Gasteiger partial charge in [-0.2, -0.15) is 0 Å². The highest BCUT2D eigenvalue weighted by Gasteiger charge is 2.68. The number of hydrogen-bond acceptors (Lipinski definition) is 2. The number of hydrogen-bond donors (Lipinski definition) is 1. The maximum absolute atomic E-state index is 13.6. The topological polar surface area (TPSA) is 46.2 Å². The van der Waals surface area contributed by atoms with Crippen molar-refractivity contribution < 1.29 is 17.2 Å². The van der Waals surface area contributed by atoms with Crippen molar-refractivity contribution in [3.05, 3.63) is 47.9 Å². The predicted molar refractivity (Wildman–Crippen MR) is 64.7 cm³/mol. The number of nitrogens with one attached hydrogen (secondary N) is 1. The van der Waals surface area contributed by atoms with Crippen molar-refractivity contribution in [1.29, 1.82) is 0 Å². The van der Waals surface area contributed by atoms with Crippen LogP contribution in [0.5, 0.6) is 0 Å². The summed E-state index contributed by atoms with van der Waals surface area (Å²) in [5.74, 6) is -4.76. The summed E-state index contributed by atoms with van der Waals surface area (Å²) in [6.45, 7) is 2.83. The van der Waals surface area contributed by atoms with Gasteiger partial charge in [-0.3, -0.25) is 0 Å². The lowest BCUT2D eigenvalue weighted by molar-refractivity contribution is 0.0941. The predicted octanol–water partition coefficient (Wildman–Crippen LogP) is 2.10. The lowest BCUT2D eigenvalue weighted by Gasteiger charge is -2.00. The molecule has 0 spiro atoms. The van der Waals surface area contributed by atoms with Crippen LogP contribution in [0.15, 0.2) is 42.3 Å². The van der Waals surface area contributed by atoms with Gasteiger partial charge in [0.1, 0.15) is 0 Å². The Hall–Kier alpha value is -1.27. The largest absolute Gasteiger partial charge is 0.260 e. The molecule has 98 valence electrons. The molecule has 0 aliphatic heterocycles. The molecule has 0 heterocycles. The molecular formula is C12H13F2NO2S. The van der Waals surface area contributed by atoms with Gasteiger partial charge in [-0.25, -0.2) is 21.9 Å². The second-order valence-electron chi connectivity index (χ2n) is 4.23. The zero-order valence-electron chi connectivity index (χ0n) is 9.51. The van der Waals surface area contributed by atoms with E-state index in [4.69, 9.17) is 0 Å². The van der Waals surface area contributed by atoms with Crippen LogP contribution in [0, 0.1) is 5.92 Å². The molecule has 1 aromatic carbocycles. The maximum atomic E-state index is 13.6. The van der Waals surface area contributed by atoms with Crippen molar-refractivity contribution >= 4 is 10.0 Å². The molecular weight excluding hydrogens is 260 g/mol. The highest BCUT2D eigenvalue weighted by Crippen LogP contribution is 2.61. The van der Waals surface area contributed by atoms with E-state index in [0.29, 0.717) is 11.0 Å². The summed E-state index contributed by atoms with van der Waals surface area (Å²) in [5.41, 5.74) is 0.533. The summed E-state index contributed by atoms with van der Waals surface area (Å²) >= 11 is 0. The summed E-state index contributed by atoms with van der Waals surface area (Å²) in [5, 5.41) is 0.713. The molecule has 3 nitrogen and oxygen atoms in total. The van der Waals surface area contributed by atoms with Crippen LogP contribution in [-0.4, -0.2) is 20.9 Å². The summed E-state index contributed by atoms with van der Waals surface area (Å²) < 4.78 is 51.5. The monoisotopic (exact) mass is 273 g/mol. The third-order valence-electron chi connectivity index (χ3n) is 3.08. The van der Waals surface area contributed by atoms with E-state index in [0.717, 1.165) is 0 Å². The molecule has 1 aromatic rings. The van der Waals surface area contributed by atoms with E-state index in [1.54, 1.807) is 30.3 Å². The minimum atomic E-state index is -3.65. The lowest BCUT2D eigenvalue weighted by Crippen LogP contribution is -2.25. The van der Waals surface area contributed by atoms with Gasteiger partial charge in [0.05, 0.1) is 5.92 Å². The normalized spacial score (nSPS) is 25.7. The van der Waals surface area contributed by atoms with E-state index >= 15 is 0 Å². The zero-order valence-corrected chi connectivity index (χ0v) is 10.3. The molecule has 2 rings (SSSR count). The highest BCUT2D eigenvalue weighted by atomic mass is 32.2. The van der Waals surface area contributed by atoms with Crippen LogP contribution in [0.3, 0.4) is 0 Å². The number of alkyl halides is 2. The van der Waals surface area contributed by atoms with E-state index in [1.807, 2.05) is 0 Å². The van der Waals surface area contributed by atoms with Crippen molar-refractivity contribution in [2.45, 2.75) is 11.8 Å². The number of halogens is 2.